The van der Waals surface area contributed by atoms with Crippen molar-refractivity contribution in [1.29, 1.82) is 0 Å². The van der Waals surface area contributed by atoms with Gasteiger partial charge in [0.05, 0.1) is 13.2 Å². The molecule has 3 rings (SSSR count). The molecule has 26 heavy (non-hydrogen) atoms. The Kier molecular flexibility index (Phi) is 5.22. The number of carbonyl (C=O) groups is 2. The third kappa shape index (κ3) is 3.85. The molecular weight excluding hydrogens is 334 g/mol. The molecule has 1 amide bonds. The monoisotopic (exact) mass is 353 g/mol. The van der Waals surface area contributed by atoms with E-state index in [4.69, 9.17) is 13.9 Å². The Labute approximate surface area is 150 Å². The fourth-order valence-electron chi connectivity index (χ4n) is 2.59. The van der Waals surface area contributed by atoms with Crippen molar-refractivity contribution in [3.8, 4) is 11.5 Å². The van der Waals surface area contributed by atoms with E-state index >= 15 is 0 Å². The summed E-state index contributed by atoms with van der Waals surface area (Å²) in [5.74, 6) is 1.17. The Morgan fingerprint density at radius 2 is 2.00 bits per heavy atom. The van der Waals surface area contributed by atoms with Gasteiger partial charge in [0.15, 0.2) is 18.1 Å². The van der Waals surface area contributed by atoms with Crippen molar-refractivity contribution in [2.75, 3.05) is 13.7 Å². The van der Waals surface area contributed by atoms with Gasteiger partial charge < -0.3 is 19.2 Å². The largest absolute Gasteiger partial charge is 0.493 e. The van der Waals surface area contributed by atoms with Crippen LogP contribution in [-0.4, -0.2) is 25.9 Å². The lowest BCUT2D eigenvalue weighted by Gasteiger charge is -2.13. The Morgan fingerprint density at radius 1 is 1.19 bits per heavy atom. The highest BCUT2D eigenvalue weighted by Gasteiger charge is 2.15. The molecule has 1 aromatic heterocycles. The summed E-state index contributed by atoms with van der Waals surface area (Å²) in [5, 5.41) is 3.82. The molecule has 1 N–H and O–H groups in total. The summed E-state index contributed by atoms with van der Waals surface area (Å²) in [5.41, 5.74) is 1.25. The number of hydrogen-bond acceptors (Lipinski definition) is 5. The standard InChI is InChI=1S/C20H19NO5/c1-13(18-10-15-5-3-4-6-16(15)26-18)21-20(23)12-25-17-8-7-14(11-22)9-19(17)24-2/h3-11,13H,12H2,1-2H3,(H,21,23)/t13-/m1/s1. The number of carbonyl (C=O) groups excluding carboxylic acids is 2. The minimum Gasteiger partial charge on any atom is -0.493 e. The molecule has 3 aromatic rings. The van der Waals surface area contributed by atoms with Crippen LogP contribution < -0.4 is 14.8 Å². The lowest BCUT2D eigenvalue weighted by atomic mass is 10.2. The molecule has 134 valence electrons. The van der Waals surface area contributed by atoms with E-state index in [-0.39, 0.29) is 18.6 Å². The van der Waals surface area contributed by atoms with Gasteiger partial charge in [0.1, 0.15) is 17.6 Å². The molecule has 0 bridgehead atoms. The van der Waals surface area contributed by atoms with Crippen molar-refractivity contribution < 1.29 is 23.5 Å². The van der Waals surface area contributed by atoms with Crippen LogP contribution in [0.2, 0.25) is 0 Å². The van der Waals surface area contributed by atoms with E-state index in [1.807, 2.05) is 37.3 Å². The highest BCUT2D eigenvalue weighted by Crippen LogP contribution is 2.27. The van der Waals surface area contributed by atoms with Gasteiger partial charge in [-0.15, -0.1) is 0 Å². The maximum Gasteiger partial charge on any atom is 0.258 e. The Morgan fingerprint density at radius 3 is 2.73 bits per heavy atom. The minimum absolute atomic E-state index is 0.179. The first-order valence-electron chi connectivity index (χ1n) is 8.14. The fraction of sp³-hybridized carbons (Fsp3) is 0.200. The second-order valence-electron chi connectivity index (χ2n) is 5.79. The van der Waals surface area contributed by atoms with Gasteiger partial charge in [0.25, 0.3) is 5.91 Å². The number of ether oxygens (including phenoxy) is 2. The van der Waals surface area contributed by atoms with E-state index in [0.717, 1.165) is 11.0 Å². The highest BCUT2D eigenvalue weighted by atomic mass is 16.5. The molecule has 6 nitrogen and oxygen atoms in total. The fourth-order valence-corrected chi connectivity index (χ4v) is 2.59. The first kappa shape index (κ1) is 17.5. The van der Waals surface area contributed by atoms with Crippen molar-refractivity contribution in [3.05, 3.63) is 59.9 Å². The number of rotatable bonds is 7. The molecule has 0 fully saturated rings. The summed E-state index contributed by atoms with van der Waals surface area (Å²) in [6, 6.07) is 14.0. The Hall–Kier alpha value is -3.28. The zero-order chi connectivity index (χ0) is 18.5. The number of benzene rings is 2. The van der Waals surface area contributed by atoms with Crippen molar-refractivity contribution in [3.63, 3.8) is 0 Å². The third-order valence-electron chi connectivity index (χ3n) is 3.93. The van der Waals surface area contributed by atoms with Gasteiger partial charge in [-0.05, 0) is 37.3 Å². The molecule has 2 aromatic carbocycles. The molecule has 0 aliphatic carbocycles. The van der Waals surface area contributed by atoms with Crippen LogP contribution in [0.1, 0.15) is 29.1 Å². The Balaban J connectivity index is 1.61. The number of para-hydroxylation sites is 1. The van der Waals surface area contributed by atoms with E-state index in [1.165, 1.54) is 7.11 Å². The van der Waals surface area contributed by atoms with Crippen molar-refractivity contribution in [2.24, 2.45) is 0 Å². The molecule has 0 saturated carbocycles. The van der Waals surface area contributed by atoms with Crippen molar-refractivity contribution >= 4 is 23.2 Å². The number of hydrogen-bond donors (Lipinski definition) is 1. The average molecular weight is 353 g/mol. The lowest BCUT2D eigenvalue weighted by Crippen LogP contribution is -2.31. The normalized spacial score (nSPS) is 11.8. The quantitative estimate of drug-likeness (QED) is 0.658. The summed E-state index contributed by atoms with van der Waals surface area (Å²) in [6.45, 7) is 1.66. The van der Waals surface area contributed by atoms with Gasteiger partial charge in [-0.2, -0.15) is 0 Å². The second kappa shape index (κ2) is 7.74. The second-order valence-corrected chi connectivity index (χ2v) is 5.79. The van der Waals surface area contributed by atoms with Crippen molar-refractivity contribution in [1.82, 2.24) is 5.32 Å². The molecule has 0 aliphatic heterocycles. The van der Waals surface area contributed by atoms with E-state index in [0.29, 0.717) is 29.1 Å². The topological polar surface area (TPSA) is 77.8 Å². The molecule has 1 heterocycles. The zero-order valence-corrected chi connectivity index (χ0v) is 14.5. The van der Waals surface area contributed by atoms with Gasteiger partial charge in [-0.1, -0.05) is 18.2 Å². The third-order valence-corrected chi connectivity index (χ3v) is 3.93. The average Bonchev–Trinajstić information content (AvgIpc) is 3.10. The smallest absolute Gasteiger partial charge is 0.258 e. The first-order valence-corrected chi connectivity index (χ1v) is 8.14. The van der Waals surface area contributed by atoms with Crippen LogP contribution >= 0.6 is 0 Å². The highest BCUT2D eigenvalue weighted by molar-refractivity contribution is 5.80. The lowest BCUT2D eigenvalue weighted by molar-refractivity contribution is -0.123. The molecule has 0 radical (unpaired) electrons. The summed E-state index contributed by atoms with van der Waals surface area (Å²) in [7, 11) is 1.47. The molecule has 6 heteroatoms. The summed E-state index contributed by atoms with van der Waals surface area (Å²) in [6.07, 6.45) is 0.716. The number of nitrogens with one attached hydrogen (secondary N) is 1. The van der Waals surface area contributed by atoms with Gasteiger partial charge in [-0.3, -0.25) is 9.59 Å². The maximum atomic E-state index is 12.2. The van der Waals surface area contributed by atoms with Crippen LogP contribution in [0, 0.1) is 0 Å². The maximum absolute atomic E-state index is 12.2. The number of fused-ring (bicyclic) bond motifs is 1. The van der Waals surface area contributed by atoms with E-state index in [1.54, 1.807) is 18.2 Å². The molecule has 0 saturated heterocycles. The molecule has 0 spiro atoms. The number of furan rings is 1. The van der Waals surface area contributed by atoms with Crippen molar-refractivity contribution in [2.45, 2.75) is 13.0 Å². The van der Waals surface area contributed by atoms with E-state index in [9.17, 15) is 9.59 Å². The molecule has 0 unspecified atom stereocenters. The minimum atomic E-state index is -0.294. The molecule has 1 atom stereocenters. The van der Waals surface area contributed by atoms with Crippen LogP contribution in [0.5, 0.6) is 11.5 Å². The van der Waals surface area contributed by atoms with E-state index in [2.05, 4.69) is 5.32 Å². The summed E-state index contributed by atoms with van der Waals surface area (Å²) < 4.78 is 16.4. The van der Waals surface area contributed by atoms with Crippen LogP contribution in [0.15, 0.2) is 52.9 Å². The SMILES string of the molecule is COc1cc(C=O)ccc1OCC(=O)N[C@H](C)c1cc2ccccc2o1. The number of methoxy groups -OCH3 is 1. The van der Waals surface area contributed by atoms with Gasteiger partial charge in [0.2, 0.25) is 0 Å². The number of amides is 1. The number of aldehydes is 1. The summed E-state index contributed by atoms with van der Waals surface area (Å²) in [4.78, 5) is 23.0. The molecule has 0 aliphatic rings. The molecular formula is C20H19NO5. The Bertz CT molecular complexity index is 898. The predicted molar refractivity (Wildman–Crippen MR) is 96.6 cm³/mol. The zero-order valence-electron chi connectivity index (χ0n) is 14.5. The van der Waals surface area contributed by atoms with Gasteiger partial charge in [-0.25, -0.2) is 0 Å². The van der Waals surface area contributed by atoms with Crippen LogP contribution in [0.25, 0.3) is 11.0 Å². The van der Waals surface area contributed by atoms with Crippen LogP contribution in [0.4, 0.5) is 0 Å². The van der Waals surface area contributed by atoms with E-state index < -0.39 is 0 Å². The van der Waals surface area contributed by atoms with Gasteiger partial charge >= 0.3 is 0 Å². The van der Waals surface area contributed by atoms with Crippen LogP contribution in [0.3, 0.4) is 0 Å². The summed E-state index contributed by atoms with van der Waals surface area (Å²) >= 11 is 0. The van der Waals surface area contributed by atoms with Crippen LogP contribution in [-0.2, 0) is 4.79 Å². The first-order chi connectivity index (χ1) is 12.6. The predicted octanol–water partition coefficient (Wildman–Crippen LogP) is 3.51. The van der Waals surface area contributed by atoms with Gasteiger partial charge in [0, 0.05) is 10.9 Å².